The van der Waals surface area contributed by atoms with Crippen LogP contribution in [0.15, 0.2) is 33.6 Å². The van der Waals surface area contributed by atoms with E-state index < -0.39 is 5.97 Å². The fourth-order valence-electron chi connectivity index (χ4n) is 1.65. The lowest BCUT2D eigenvalue weighted by Gasteiger charge is -2.24. The molecule has 22 heavy (non-hydrogen) atoms. The van der Waals surface area contributed by atoms with E-state index in [1.165, 1.54) is 0 Å². The maximum atomic E-state index is 11.6. The molecule has 0 spiro atoms. The van der Waals surface area contributed by atoms with Gasteiger partial charge in [-0.1, -0.05) is 15.9 Å². The van der Waals surface area contributed by atoms with E-state index in [1.54, 1.807) is 11.8 Å². The molecule has 1 aromatic carbocycles. The number of carbonyl (C=O) groups excluding carboxylic acids is 1. The van der Waals surface area contributed by atoms with Crippen molar-refractivity contribution in [3.63, 3.8) is 0 Å². The summed E-state index contributed by atoms with van der Waals surface area (Å²) in [4.78, 5) is 23.1. The number of benzene rings is 1. The monoisotopic (exact) mass is 388 g/mol. The molecule has 0 unspecified atom stereocenters. The highest BCUT2D eigenvalue weighted by Gasteiger charge is 2.20. The summed E-state index contributed by atoms with van der Waals surface area (Å²) < 4.78 is 0.889. The van der Waals surface area contributed by atoms with Crippen molar-refractivity contribution in [3.8, 4) is 0 Å². The molecule has 0 aliphatic rings. The van der Waals surface area contributed by atoms with E-state index in [0.29, 0.717) is 19.5 Å². The largest absolute Gasteiger partial charge is 0.481 e. The molecular formula is C15H21BrN2O3S. The second-order valence-electron chi connectivity index (χ2n) is 5.42. The first-order valence-corrected chi connectivity index (χ1v) is 8.57. The molecule has 5 nitrogen and oxygen atoms in total. The first-order chi connectivity index (χ1) is 10.3. The second kappa shape index (κ2) is 9.05. The Morgan fingerprint density at radius 3 is 2.45 bits per heavy atom. The molecule has 0 saturated carbocycles. The maximum absolute atomic E-state index is 11.6. The Bertz CT molecular complexity index is 506. The van der Waals surface area contributed by atoms with Gasteiger partial charge in [0.1, 0.15) is 0 Å². The van der Waals surface area contributed by atoms with Crippen LogP contribution in [-0.4, -0.2) is 34.9 Å². The van der Waals surface area contributed by atoms with Crippen LogP contribution >= 0.6 is 27.7 Å². The zero-order valence-electron chi connectivity index (χ0n) is 12.7. The Morgan fingerprint density at radius 1 is 1.23 bits per heavy atom. The Kier molecular flexibility index (Phi) is 7.75. The summed E-state index contributed by atoms with van der Waals surface area (Å²) in [5, 5.41) is 14.0. The van der Waals surface area contributed by atoms with Gasteiger partial charge in [0, 0.05) is 33.6 Å². The van der Waals surface area contributed by atoms with Gasteiger partial charge >= 0.3 is 12.0 Å². The minimum absolute atomic E-state index is 0.0607. The van der Waals surface area contributed by atoms with E-state index in [0.717, 1.165) is 9.37 Å². The van der Waals surface area contributed by atoms with Crippen molar-refractivity contribution >= 4 is 39.7 Å². The van der Waals surface area contributed by atoms with Crippen molar-refractivity contribution in [1.29, 1.82) is 0 Å². The lowest BCUT2D eigenvalue weighted by molar-refractivity contribution is -0.137. The first kappa shape index (κ1) is 18.8. The number of aliphatic carboxylic acids is 1. The van der Waals surface area contributed by atoms with Gasteiger partial charge in [0.05, 0.1) is 0 Å². The van der Waals surface area contributed by atoms with Crippen LogP contribution < -0.4 is 10.6 Å². The van der Waals surface area contributed by atoms with Gasteiger partial charge in [-0.25, -0.2) is 4.79 Å². The summed E-state index contributed by atoms with van der Waals surface area (Å²) in [5.74, 6) is -0.853. The molecule has 0 radical (unpaired) electrons. The summed E-state index contributed by atoms with van der Waals surface area (Å²) in [7, 11) is 0. The number of urea groups is 1. The van der Waals surface area contributed by atoms with Gasteiger partial charge in [0.15, 0.2) is 0 Å². The summed E-state index contributed by atoms with van der Waals surface area (Å²) >= 11 is 5.09. The molecule has 0 aliphatic carbocycles. The topological polar surface area (TPSA) is 78.4 Å². The third-order valence-corrected chi connectivity index (χ3v) is 4.47. The molecule has 0 atom stereocenters. The standard InChI is InChI=1S/C15H21BrN2O3S/c1-15(2,22-12-7-5-11(16)6-8-12)10-18-14(21)17-9-3-4-13(19)20/h5-8H,3-4,9-10H2,1-2H3,(H,19,20)(H2,17,18,21). The molecule has 2 amide bonds. The second-order valence-corrected chi connectivity index (χ2v) is 8.12. The van der Waals surface area contributed by atoms with Gasteiger partial charge in [-0.3, -0.25) is 4.79 Å². The Labute approximate surface area is 143 Å². The number of thioether (sulfide) groups is 1. The van der Waals surface area contributed by atoms with Gasteiger partial charge in [0.2, 0.25) is 0 Å². The molecule has 0 heterocycles. The average molecular weight is 389 g/mol. The third-order valence-electron chi connectivity index (χ3n) is 2.74. The highest BCUT2D eigenvalue weighted by Crippen LogP contribution is 2.32. The van der Waals surface area contributed by atoms with E-state index in [4.69, 9.17) is 5.11 Å². The molecular weight excluding hydrogens is 368 g/mol. The SMILES string of the molecule is CC(C)(CNC(=O)NCCCC(=O)O)Sc1ccc(Br)cc1. The van der Waals surface area contributed by atoms with Crippen LogP contribution in [0, 0.1) is 0 Å². The molecule has 122 valence electrons. The van der Waals surface area contributed by atoms with Crippen LogP contribution in [0.2, 0.25) is 0 Å². The van der Waals surface area contributed by atoms with Crippen LogP contribution in [0.5, 0.6) is 0 Å². The minimum Gasteiger partial charge on any atom is -0.481 e. The van der Waals surface area contributed by atoms with Crippen molar-refractivity contribution in [2.75, 3.05) is 13.1 Å². The van der Waals surface area contributed by atoms with E-state index >= 15 is 0 Å². The maximum Gasteiger partial charge on any atom is 0.314 e. The normalized spacial score (nSPS) is 11.0. The van der Waals surface area contributed by atoms with Crippen molar-refractivity contribution < 1.29 is 14.7 Å². The summed E-state index contributed by atoms with van der Waals surface area (Å²) in [6.07, 6.45) is 0.491. The average Bonchev–Trinajstić information content (AvgIpc) is 2.44. The van der Waals surface area contributed by atoms with Gasteiger partial charge in [-0.2, -0.15) is 0 Å². The zero-order valence-corrected chi connectivity index (χ0v) is 15.1. The van der Waals surface area contributed by atoms with Gasteiger partial charge in [-0.05, 0) is 44.5 Å². The number of rotatable bonds is 8. The van der Waals surface area contributed by atoms with E-state index in [1.807, 2.05) is 24.3 Å². The number of nitrogens with one attached hydrogen (secondary N) is 2. The zero-order chi connectivity index (χ0) is 16.6. The van der Waals surface area contributed by atoms with Crippen molar-refractivity contribution in [2.45, 2.75) is 36.3 Å². The van der Waals surface area contributed by atoms with Crippen molar-refractivity contribution in [3.05, 3.63) is 28.7 Å². The van der Waals surface area contributed by atoms with Crippen LogP contribution in [0.3, 0.4) is 0 Å². The first-order valence-electron chi connectivity index (χ1n) is 6.96. The van der Waals surface area contributed by atoms with Crippen LogP contribution in [0.4, 0.5) is 4.79 Å². The van der Waals surface area contributed by atoms with E-state index in [9.17, 15) is 9.59 Å². The Morgan fingerprint density at radius 2 is 1.86 bits per heavy atom. The highest BCUT2D eigenvalue weighted by molar-refractivity contribution is 9.10. The number of hydrogen-bond acceptors (Lipinski definition) is 3. The molecule has 1 rings (SSSR count). The summed E-state index contributed by atoms with van der Waals surface area (Å²) in [6.45, 7) is 4.99. The predicted octanol–water partition coefficient (Wildman–Crippen LogP) is 3.48. The van der Waals surface area contributed by atoms with Crippen LogP contribution in [0.1, 0.15) is 26.7 Å². The molecule has 0 aliphatic heterocycles. The van der Waals surface area contributed by atoms with Crippen LogP contribution in [-0.2, 0) is 4.79 Å². The summed E-state index contributed by atoms with van der Waals surface area (Å²) in [5.41, 5.74) is 0. The number of carbonyl (C=O) groups is 2. The smallest absolute Gasteiger partial charge is 0.314 e. The molecule has 3 N–H and O–H groups in total. The lowest BCUT2D eigenvalue weighted by atomic mass is 10.2. The van der Waals surface area contributed by atoms with E-state index in [2.05, 4.69) is 40.4 Å². The molecule has 0 saturated heterocycles. The Hall–Kier alpha value is -1.21. The summed E-state index contributed by atoms with van der Waals surface area (Å²) in [6, 6.07) is 7.77. The minimum atomic E-state index is -0.853. The molecule has 1 aromatic rings. The Balaban J connectivity index is 2.30. The quantitative estimate of drug-likeness (QED) is 0.470. The number of halogens is 1. The van der Waals surface area contributed by atoms with Crippen molar-refractivity contribution in [2.24, 2.45) is 0 Å². The number of carboxylic acid groups (broad SMARTS) is 1. The van der Waals surface area contributed by atoms with Gasteiger partial charge in [0.25, 0.3) is 0 Å². The fourth-order valence-corrected chi connectivity index (χ4v) is 2.97. The van der Waals surface area contributed by atoms with Gasteiger partial charge < -0.3 is 15.7 Å². The highest BCUT2D eigenvalue weighted by atomic mass is 79.9. The molecule has 0 aromatic heterocycles. The van der Waals surface area contributed by atoms with Gasteiger partial charge in [-0.15, -0.1) is 11.8 Å². The number of amides is 2. The molecule has 7 heteroatoms. The third kappa shape index (κ3) is 8.29. The lowest BCUT2D eigenvalue weighted by Crippen LogP contribution is -2.42. The fraction of sp³-hybridized carbons (Fsp3) is 0.467. The van der Waals surface area contributed by atoms with Crippen LogP contribution in [0.25, 0.3) is 0 Å². The predicted molar refractivity (Wildman–Crippen MR) is 92.3 cm³/mol. The number of carboxylic acids is 1. The number of hydrogen-bond donors (Lipinski definition) is 3. The molecule has 0 bridgehead atoms. The van der Waals surface area contributed by atoms with Crippen molar-refractivity contribution in [1.82, 2.24) is 10.6 Å². The van der Waals surface area contributed by atoms with E-state index in [-0.39, 0.29) is 17.2 Å². The molecule has 0 fully saturated rings.